The number of nitrogens with two attached hydrogens (primary N) is 1. The quantitative estimate of drug-likeness (QED) is 0.436. The summed E-state index contributed by atoms with van der Waals surface area (Å²) in [5.74, 6) is 1.19. The van der Waals surface area contributed by atoms with Gasteiger partial charge in [-0.3, -0.25) is 0 Å². The van der Waals surface area contributed by atoms with Crippen LogP contribution in [0.4, 0.5) is 5.69 Å². The van der Waals surface area contributed by atoms with Gasteiger partial charge in [-0.2, -0.15) is 0 Å². The second-order valence-electron chi connectivity index (χ2n) is 3.45. The lowest BCUT2D eigenvalue weighted by molar-refractivity contribution is 0.706. The SMILES string of the molecule is CCCCCCSc1ccccc1N. The Labute approximate surface area is 91.1 Å². The normalized spacial score (nSPS) is 10.4. The van der Waals surface area contributed by atoms with Crippen LogP contribution in [0.2, 0.25) is 0 Å². The van der Waals surface area contributed by atoms with Crippen molar-refractivity contribution in [3.63, 3.8) is 0 Å². The summed E-state index contributed by atoms with van der Waals surface area (Å²) in [6.45, 7) is 2.24. The van der Waals surface area contributed by atoms with Gasteiger partial charge in [-0.15, -0.1) is 11.8 Å². The van der Waals surface area contributed by atoms with Crippen LogP contribution < -0.4 is 5.73 Å². The van der Waals surface area contributed by atoms with Crippen LogP contribution in [0.25, 0.3) is 0 Å². The average Bonchev–Trinajstić information content (AvgIpc) is 2.20. The van der Waals surface area contributed by atoms with Crippen molar-refractivity contribution in [3.05, 3.63) is 24.3 Å². The summed E-state index contributed by atoms with van der Waals surface area (Å²) in [4.78, 5) is 1.23. The van der Waals surface area contributed by atoms with E-state index >= 15 is 0 Å². The third-order valence-corrected chi connectivity index (χ3v) is 3.35. The molecule has 1 rings (SSSR count). The van der Waals surface area contributed by atoms with Crippen LogP contribution in [-0.2, 0) is 0 Å². The number of rotatable bonds is 6. The Morgan fingerprint density at radius 3 is 2.64 bits per heavy atom. The van der Waals surface area contributed by atoms with Gasteiger partial charge in [0, 0.05) is 10.6 Å². The van der Waals surface area contributed by atoms with Crippen molar-refractivity contribution in [1.82, 2.24) is 0 Å². The summed E-state index contributed by atoms with van der Waals surface area (Å²) in [5, 5.41) is 0. The van der Waals surface area contributed by atoms with Crippen LogP contribution in [0.5, 0.6) is 0 Å². The second-order valence-corrected chi connectivity index (χ2v) is 4.58. The summed E-state index contributed by atoms with van der Waals surface area (Å²) in [6, 6.07) is 8.09. The maximum atomic E-state index is 5.84. The monoisotopic (exact) mass is 209 g/mol. The summed E-state index contributed by atoms with van der Waals surface area (Å²) in [7, 11) is 0. The Morgan fingerprint density at radius 1 is 1.14 bits per heavy atom. The minimum Gasteiger partial charge on any atom is -0.398 e. The number of benzene rings is 1. The zero-order chi connectivity index (χ0) is 10.2. The molecule has 0 saturated heterocycles. The fourth-order valence-corrected chi connectivity index (χ4v) is 2.30. The van der Waals surface area contributed by atoms with E-state index in [2.05, 4.69) is 13.0 Å². The molecule has 0 fully saturated rings. The van der Waals surface area contributed by atoms with E-state index in [1.807, 2.05) is 30.0 Å². The lowest BCUT2D eigenvalue weighted by Crippen LogP contribution is -1.88. The first-order chi connectivity index (χ1) is 6.84. The molecule has 78 valence electrons. The van der Waals surface area contributed by atoms with Crippen molar-refractivity contribution in [2.45, 2.75) is 37.5 Å². The molecule has 0 bridgehead atoms. The van der Waals surface area contributed by atoms with Gasteiger partial charge >= 0.3 is 0 Å². The number of hydrogen-bond acceptors (Lipinski definition) is 2. The smallest absolute Gasteiger partial charge is 0.0452 e. The molecule has 0 amide bonds. The van der Waals surface area contributed by atoms with Crippen molar-refractivity contribution < 1.29 is 0 Å². The van der Waals surface area contributed by atoms with Gasteiger partial charge in [0.25, 0.3) is 0 Å². The number of nitrogen functional groups attached to an aromatic ring is 1. The molecule has 0 aliphatic carbocycles. The molecular formula is C12H19NS. The molecule has 0 aliphatic heterocycles. The van der Waals surface area contributed by atoms with Gasteiger partial charge in [0.15, 0.2) is 0 Å². The van der Waals surface area contributed by atoms with Crippen LogP contribution in [0.1, 0.15) is 32.6 Å². The number of hydrogen-bond donors (Lipinski definition) is 1. The minimum atomic E-state index is 0.910. The molecule has 14 heavy (non-hydrogen) atoms. The number of thioether (sulfide) groups is 1. The third-order valence-electron chi connectivity index (χ3n) is 2.17. The highest BCUT2D eigenvalue weighted by atomic mass is 32.2. The molecule has 0 spiro atoms. The molecule has 0 saturated carbocycles. The topological polar surface area (TPSA) is 26.0 Å². The Hall–Kier alpha value is -0.630. The Morgan fingerprint density at radius 2 is 1.93 bits per heavy atom. The number of para-hydroxylation sites is 1. The molecule has 2 N–H and O–H groups in total. The first-order valence-electron chi connectivity index (χ1n) is 5.32. The number of anilines is 1. The average molecular weight is 209 g/mol. The molecule has 1 aromatic rings. The Kier molecular flexibility index (Phi) is 5.53. The van der Waals surface area contributed by atoms with Crippen molar-refractivity contribution >= 4 is 17.4 Å². The summed E-state index contributed by atoms with van der Waals surface area (Å²) in [6.07, 6.45) is 5.30. The summed E-state index contributed by atoms with van der Waals surface area (Å²) >= 11 is 1.87. The second kappa shape index (κ2) is 6.77. The molecule has 1 aromatic carbocycles. The maximum Gasteiger partial charge on any atom is 0.0452 e. The van der Waals surface area contributed by atoms with Gasteiger partial charge in [-0.05, 0) is 24.3 Å². The molecular weight excluding hydrogens is 190 g/mol. The van der Waals surface area contributed by atoms with Crippen molar-refractivity contribution in [2.24, 2.45) is 0 Å². The van der Waals surface area contributed by atoms with Gasteiger partial charge in [0.1, 0.15) is 0 Å². The lowest BCUT2D eigenvalue weighted by atomic mass is 10.2. The van der Waals surface area contributed by atoms with E-state index in [9.17, 15) is 0 Å². The van der Waals surface area contributed by atoms with E-state index in [4.69, 9.17) is 5.73 Å². The van der Waals surface area contributed by atoms with E-state index < -0.39 is 0 Å². The van der Waals surface area contributed by atoms with E-state index in [0.717, 1.165) is 5.69 Å². The van der Waals surface area contributed by atoms with Gasteiger partial charge in [-0.1, -0.05) is 38.3 Å². The first kappa shape index (κ1) is 11.4. The summed E-state index contributed by atoms with van der Waals surface area (Å²) in [5.41, 5.74) is 6.75. The van der Waals surface area contributed by atoms with Gasteiger partial charge in [0.2, 0.25) is 0 Å². The molecule has 0 radical (unpaired) electrons. The van der Waals surface area contributed by atoms with E-state index in [1.165, 1.54) is 36.3 Å². The molecule has 2 heteroatoms. The van der Waals surface area contributed by atoms with Gasteiger partial charge in [-0.25, -0.2) is 0 Å². The largest absolute Gasteiger partial charge is 0.398 e. The maximum absolute atomic E-state index is 5.84. The Balaban J connectivity index is 2.21. The Bertz CT molecular complexity index is 260. The van der Waals surface area contributed by atoms with Crippen LogP contribution in [0.3, 0.4) is 0 Å². The fraction of sp³-hybridized carbons (Fsp3) is 0.500. The van der Waals surface area contributed by atoms with Crippen LogP contribution >= 0.6 is 11.8 Å². The zero-order valence-corrected chi connectivity index (χ0v) is 9.65. The predicted molar refractivity (Wildman–Crippen MR) is 65.7 cm³/mol. The van der Waals surface area contributed by atoms with Crippen molar-refractivity contribution in [2.75, 3.05) is 11.5 Å². The highest BCUT2D eigenvalue weighted by Crippen LogP contribution is 2.25. The molecule has 0 heterocycles. The standard InChI is InChI=1S/C12H19NS/c1-2-3-4-7-10-14-12-9-6-5-8-11(12)13/h5-6,8-9H,2-4,7,10,13H2,1H3. The van der Waals surface area contributed by atoms with Gasteiger partial charge in [0.05, 0.1) is 0 Å². The van der Waals surface area contributed by atoms with E-state index in [0.29, 0.717) is 0 Å². The molecule has 1 nitrogen and oxygen atoms in total. The lowest BCUT2D eigenvalue weighted by Gasteiger charge is -2.04. The minimum absolute atomic E-state index is 0.910. The zero-order valence-electron chi connectivity index (χ0n) is 8.83. The van der Waals surface area contributed by atoms with Crippen LogP contribution in [-0.4, -0.2) is 5.75 Å². The summed E-state index contributed by atoms with van der Waals surface area (Å²) < 4.78 is 0. The first-order valence-corrected chi connectivity index (χ1v) is 6.30. The van der Waals surface area contributed by atoms with E-state index in [-0.39, 0.29) is 0 Å². The van der Waals surface area contributed by atoms with Crippen LogP contribution in [0, 0.1) is 0 Å². The third kappa shape index (κ3) is 4.05. The highest BCUT2D eigenvalue weighted by Gasteiger charge is 1.97. The van der Waals surface area contributed by atoms with Crippen molar-refractivity contribution in [3.8, 4) is 0 Å². The number of unbranched alkanes of at least 4 members (excludes halogenated alkanes) is 3. The molecule has 0 unspecified atom stereocenters. The predicted octanol–water partition coefficient (Wildman–Crippen LogP) is 3.94. The fourth-order valence-electron chi connectivity index (χ4n) is 1.32. The molecule has 0 aromatic heterocycles. The van der Waals surface area contributed by atoms with Gasteiger partial charge < -0.3 is 5.73 Å². The van der Waals surface area contributed by atoms with E-state index in [1.54, 1.807) is 0 Å². The molecule has 0 atom stereocenters. The highest BCUT2D eigenvalue weighted by molar-refractivity contribution is 7.99. The van der Waals surface area contributed by atoms with Crippen LogP contribution in [0.15, 0.2) is 29.2 Å². The van der Waals surface area contributed by atoms with Crippen molar-refractivity contribution in [1.29, 1.82) is 0 Å². The molecule has 0 aliphatic rings.